The summed E-state index contributed by atoms with van der Waals surface area (Å²) in [5.74, 6) is -0.0325. The molecule has 0 radical (unpaired) electrons. The molecule has 5 heteroatoms. The molecule has 26 heavy (non-hydrogen) atoms. The molecular formula is C21H24BrN3O. The summed E-state index contributed by atoms with van der Waals surface area (Å²) < 4.78 is 1.03. The minimum Gasteiger partial charge on any atom is -0.372 e. The lowest BCUT2D eigenvalue weighted by molar-refractivity contribution is -0.130. The fourth-order valence-electron chi connectivity index (χ4n) is 3.37. The maximum atomic E-state index is 12.1. The lowest BCUT2D eigenvalue weighted by Gasteiger charge is -2.23. The topological polar surface area (TPSA) is 35.9 Å². The van der Waals surface area contributed by atoms with Gasteiger partial charge in [-0.3, -0.25) is 4.79 Å². The van der Waals surface area contributed by atoms with Crippen molar-refractivity contribution in [1.29, 1.82) is 0 Å². The Bertz CT molecular complexity index is 795. The number of hydrogen-bond donors (Lipinski definition) is 0. The molecule has 0 bridgehead atoms. The lowest BCUT2D eigenvalue weighted by Crippen LogP contribution is -2.25. The average Bonchev–Trinajstić information content (AvgIpc) is 3.10. The van der Waals surface area contributed by atoms with Gasteiger partial charge in [-0.1, -0.05) is 40.2 Å². The average molecular weight is 414 g/mol. The van der Waals surface area contributed by atoms with E-state index in [-0.39, 0.29) is 11.9 Å². The smallest absolute Gasteiger partial charge is 0.240 e. The zero-order valence-corrected chi connectivity index (χ0v) is 17.0. The third kappa shape index (κ3) is 3.83. The van der Waals surface area contributed by atoms with E-state index in [1.807, 2.05) is 24.3 Å². The molecular weight excluding hydrogens is 390 g/mol. The molecule has 0 spiro atoms. The number of benzene rings is 2. The molecule has 1 atom stereocenters. The van der Waals surface area contributed by atoms with E-state index >= 15 is 0 Å². The van der Waals surface area contributed by atoms with Gasteiger partial charge in [0.2, 0.25) is 5.91 Å². The van der Waals surface area contributed by atoms with Crippen LogP contribution in [0.1, 0.15) is 44.4 Å². The van der Waals surface area contributed by atoms with Crippen molar-refractivity contribution >= 4 is 33.2 Å². The third-order valence-electron chi connectivity index (χ3n) is 4.82. The molecule has 1 heterocycles. The Morgan fingerprint density at radius 3 is 2.27 bits per heavy atom. The maximum absolute atomic E-state index is 12.1. The first kappa shape index (κ1) is 18.6. The Kier molecular flexibility index (Phi) is 5.77. The van der Waals surface area contributed by atoms with Crippen LogP contribution in [-0.4, -0.2) is 29.7 Å². The van der Waals surface area contributed by atoms with Gasteiger partial charge in [-0.15, -0.1) is 0 Å². The highest BCUT2D eigenvalue weighted by Crippen LogP contribution is 2.33. The molecule has 2 aromatic rings. The second-order valence-electron chi connectivity index (χ2n) is 6.40. The summed E-state index contributed by atoms with van der Waals surface area (Å²) in [4.78, 5) is 14.4. The molecule has 0 saturated heterocycles. The van der Waals surface area contributed by atoms with Crippen molar-refractivity contribution in [3.8, 4) is 0 Å². The minimum atomic E-state index is -0.0445. The van der Waals surface area contributed by atoms with E-state index in [0.29, 0.717) is 0 Å². The number of halogens is 1. The Labute approximate surface area is 163 Å². The van der Waals surface area contributed by atoms with Crippen LogP contribution in [0.4, 0.5) is 5.69 Å². The lowest BCUT2D eigenvalue weighted by atomic mass is 9.98. The van der Waals surface area contributed by atoms with E-state index in [9.17, 15) is 4.79 Å². The van der Waals surface area contributed by atoms with E-state index in [1.54, 1.807) is 11.9 Å². The van der Waals surface area contributed by atoms with E-state index < -0.39 is 0 Å². The molecule has 0 saturated carbocycles. The monoisotopic (exact) mass is 413 g/mol. The van der Waals surface area contributed by atoms with Crippen molar-refractivity contribution in [2.24, 2.45) is 5.10 Å². The molecule has 136 valence electrons. The number of carbonyl (C=O) groups is 1. The SMILES string of the molecule is CCN(CC)c1ccc(C2CC(c3ccc(Br)cc3)=NN2C(C)=O)cc1. The quantitative estimate of drug-likeness (QED) is 0.691. The van der Waals surface area contributed by atoms with Crippen LogP contribution in [0.3, 0.4) is 0 Å². The highest BCUT2D eigenvalue weighted by Gasteiger charge is 2.31. The first-order valence-electron chi connectivity index (χ1n) is 9.01. The van der Waals surface area contributed by atoms with Gasteiger partial charge in [0.25, 0.3) is 0 Å². The highest BCUT2D eigenvalue weighted by molar-refractivity contribution is 9.10. The minimum absolute atomic E-state index is 0.0325. The standard InChI is InChI=1S/C21H24BrN3O/c1-4-24(5-2)19-12-8-17(9-13-19)21-14-20(23-25(21)15(3)26)16-6-10-18(22)11-7-16/h6-13,21H,4-5,14H2,1-3H3. The normalized spacial score (nSPS) is 16.5. The van der Waals surface area contributed by atoms with E-state index in [1.165, 1.54) is 5.69 Å². The van der Waals surface area contributed by atoms with Crippen LogP contribution in [0.2, 0.25) is 0 Å². The van der Waals surface area contributed by atoms with Crippen molar-refractivity contribution < 1.29 is 4.79 Å². The third-order valence-corrected chi connectivity index (χ3v) is 5.35. The predicted octanol–water partition coefficient (Wildman–Crippen LogP) is 4.99. The van der Waals surface area contributed by atoms with Crippen molar-refractivity contribution in [3.63, 3.8) is 0 Å². The number of anilines is 1. The summed E-state index contributed by atoms with van der Waals surface area (Å²) in [7, 11) is 0. The van der Waals surface area contributed by atoms with Crippen LogP contribution in [-0.2, 0) is 4.79 Å². The molecule has 1 amide bonds. The van der Waals surface area contributed by atoms with Gasteiger partial charge < -0.3 is 4.90 Å². The van der Waals surface area contributed by atoms with Gasteiger partial charge in [0.1, 0.15) is 0 Å². The molecule has 4 nitrogen and oxygen atoms in total. The Balaban J connectivity index is 1.85. The van der Waals surface area contributed by atoms with Gasteiger partial charge in [0.05, 0.1) is 11.8 Å². The van der Waals surface area contributed by atoms with Crippen LogP contribution >= 0.6 is 15.9 Å². The molecule has 3 rings (SSSR count). The maximum Gasteiger partial charge on any atom is 0.240 e. The number of rotatable bonds is 5. The van der Waals surface area contributed by atoms with E-state index in [2.05, 4.69) is 64.0 Å². The second kappa shape index (κ2) is 8.04. The molecule has 0 aliphatic carbocycles. The molecule has 1 unspecified atom stereocenters. The summed E-state index contributed by atoms with van der Waals surface area (Å²) >= 11 is 3.46. The highest BCUT2D eigenvalue weighted by atomic mass is 79.9. The summed E-state index contributed by atoms with van der Waals surface area (Å²) in [5, 5.41) is 6.22. The zero-order valence-electron chi connectivity index (χ0n) is 15.4. The Morgan fingerprint density at radius 1 is 1.12 bits per heavy atom. The molecule has 1 aliphatic heterocycles. The predicted molar refractivity (Wildman–Crippen MR) is 111 cm³/mol. The molecule has 2 aromatic carbocycles. The van der Waals surface area contributed by atoms with E-state index in [0.717, 1.165) is 40.8 Å². The van der Waals surface area contributed by atoms with Crippen molar-refractivity contribution in [1.82, 2.24) is 5.01 Å². The molecule has 0 fully saturated rings. The zero-order chi connectivity index (χ0) is 18.7. The Hall–Kier alpha value is -2.14. The number of amides is 1. The van der Waals surface area contributed by atoms with Crippen LogP contribution < -0.4 is 4.90 Å². The van der Waals surface area contributed by atoms with Gasteiger partial charge >= 0.3 is 0 Å². The fraction of sp³-hybridized carbons (Fsp3) is 0.333. The van der Waals surface area contributed by atoms with Gasteiger partial charge in [-0.2, -0.15) is 5.10 Å². The van der Waals surface area contributed by atoms with Gasteiger partial charge in [0.15, 0.2) is 0 Å². The van der Waals surface area contributed by atoms with E-state index in [4.69, 9.17) is 0 Å². The summed E-state index contributed by atoms with van der Waals surface area (Å²) in [6, 6.07) is 16.5. The van der Waals surface area contributed by atoms with Crippen LogP contribution in [0.5, 0.6) is 0 Å². The largest absolute Gasteiger partial charge is 0.372 e. The van der Waals surface area contributed by atoms with Crippen molar-refractivity contribution in [2.45, 2.75) is 33.2 Å². The van der Waals surface area contributed by atoms with Gasteiger partial charge in [0, 0.05) is 36.6 Å². The number of nitrogens with zero attached hydrogens (tertiary/aromatic N) is 3. The summed E-state index contributed by atoms with van der Waals surface area (Å²) in [5.41, 5.74) is 4.33. The Morgan fingerprint density at radius 2 is 1.73 bits per heavy atom. The molecule has 1 aliphatic rings. The van der Waals surface area contributed by atoms with Gasteiger partial charge in [-0.05, 0) is 49.2 Å². The molecule has 0 N–H and O–H groups in total. The summed E-state index contributed by atoms with van der Waals surface area (Å²) in [6.07, 6.45) is 0.728. The van der Waals surface area contributed by atoms with Gasteiger partial charge in [-0.25, -0.2) is 5.01 Å². The van der Waals surface area contributed by atoms with Crippen LogP contribution in [0, 0.1) is 0 Å². The van der Waals surface area contributed by atoms with Crippen molar-refractivity contribution in [3.05, 3.63) is 64.1 Å². The fourth-order valence-corrected chi connectivity index (χ4v) is 3.64. The molecule has 0 aromatic heterocycles. The number of carbonyl (C=O) groups excluding carboxylic acids is 1. The second-order valence-corrected chi connectivity index (χ2v) is 7.32. The van der Waals surface area contributed by atoms with Crippen molar-refractivity contribution in [2.75, 3.05) is 18.0 Å². The first-order valence-corrected chi connectivity index (χ1v) is 9.81. The number of hydrogen-bond acceptors (Lipinski definition) is 3. The van der Waals surface area contributed by atoms with Crippen LogP contribution in [0.25, 0.3) is 0 Å². The van der Waals surface area contributed by atoms with Crippen LogP contribution in [0.15, 0.2) is 58.1 Å². The number of hydrazone groups is 1. The summed E-state index contributed by atoms with van der Waals surface area (Å²) in [6.45, 7) is 7.85. The first-order chi connectivity index (χ1) is 12.5.